The van der Waals surface area contributed by atoms with Crippen molar-refractivity contribution in [1.29, 1.82) is 0 Å². The minimum Gasteiger partial charge on any atom is -0.429 e. The van der Waals surface area contributed by atoms with Crippen molar-refractivity contribution in [2.24, 2.45) is 0 Å². The molecule has 0 heterocycles. The van der Waals surface area contributed by atoms with Gasteiger partial charge < -0.3 is 4.74 Å². The molecule has 32 heavy (non-hydrogen) atoms. The van der Waals surface area contributed by atoms with Gasteiger partial charge in [0.2, 0.25) is 0 Å². The Hall–Kier alpha value is -3.36. The van der Waals surface area contributed by atoms with E-state index in [4.69, 9.17) is 0 Å². The van der Waals surface area contributed by atoms with E-state index in [-0.39, 0.29) is 17.5 Å². The fourth-order valence-corrected chi connectivity index (χ4v) is 2.97. The molecule has 0 aliphatic heterocycles. The predicted octanol–water partition coefficient (Wildman–Crippen LogP) is 7.44. The zero-order chi connectivity index (χ0) is 23.6. The van der Waals surface area contributed by atoms with Gasteiger partial charge in [-0.2, -0.15) is 8.78 Å². The number of benzene rings is 3. The third-order valence-electron chi connectivity index (χ3n) is 4.58. The summed E-state index contributed by atoms with van der Waals surface area (Å²) in [5, 5.41) is 0. The number of hydrogen-bond donors (Lipinski definition) is 0. The van der Waals surface area contributed by atoms with Gasteiger partial charge in [0.15, 0.2) is 29.1 Å². The van der Waals surface area contributed by atoms with Crippen LogP contribution >= 0.6 is 0 Å². The van der Waals surface area contributed by atoms with Crippen molar-refractivity contribution in [3.05, 3.63) is 101 Å². The molecule has 0 saturated carbocycles. The lowest BCUT2D eigenvalue weighted by molar-refractivity contribution is -0.187. The minimum absolute atomic E-state index is 0.0518. The second-order valence-electron chi connectivity index (χ2n) is 6.74. The molecule has 0 unspecified atom stereocenters. The summed E-state index contributed by atoms with van der Waals surface area (Å²) in [7, 11) is 0. The average Bonchev–Trinajstić information content (AvgIpc) is 2.72. The SMILES string of the molecule is C=CCCc1ccc(C(F)(F)Oc2ccc(-c3cc(F)c(F)c(F)c3)c(F)c2)c(F)c1F. The van der Waals surface area contributed by atoms with Gasteiger partial charge in [0.05, 0.1) is 0 Å². The average molecular weight is 458 g/mol. The monoisotopic (exact) mass is 458 g/mol. The van der Waals surface area contributed by atoms with Crippen LogP contribution in [0.2, 0.25) is 0 Å². The molecule has 0 N–H and O–H groups in total. The first-order valence-corrected chi connectivity index (χ1v) is 9.14. The Morgan fingerprint density at radius 3 is 2.03 bits per heavy atom. The zero-order valence-electron chi connectivity index (χ0n) is 16.2. The predicted molar refractivity (Wildman–Crippen MR) is 101 cm³/mol. The van der Waals surface area contributed by atoms with Crippen molar-refractivity contribution in [3.8, 4) is 16.9 Å². The Morgan fingerprint density at radius 2 is 1.44 bits per heavy atom. The molecule has 0 fully saturated rings. The van der Waals surface area contributed by atoms with Crippen molar-refractivity contribution in [3.63, 3.8) is 0 Å². The largest absolute Gasteiger partial charge is 0.429 e. The molecule has 0 atom stereocenters. The third-order valence-corrected chi connectivity index (χ3v) is 4.58. The molecule has 0 aromatic heterocycles. The Kier molecular flexibility index (Phi) is 6.57. The Balaban J connectivity index is 1.89. The number of ether oxygens (including phenoxy) is 1. The molecule has 0 aliphatic carbocycles. The molecular formula is C23H14F8O. The molecule has 0 amide bonds. The second-order valence-corrected chi connectivity index (χ2v) is 6.74. The molecule has 1 nitrogen and oxygen atoms in total. The first-order valence-electron chi connectivity index (χ1n) is 9.14. The van der Waals surface area contributed by atoms with E-state index in [9.17, 15) is 35.1 Å². The van der Waals surface area contributed by atoms with Gasteiger partial charge in [-0.25, -0.2) is 26.3 Å². The fraction of sp³-hybridized carbons (Fsp3) is 0.130. The normalized spacial score (nSPS) is 11.5. The number of aryl methyl sites for hydroxylation is 1. The summed E-state index contributed by atoms with van der Waals surface area (Å²) in [5.74, 6) is -10.2. The molecule has 0 aliphatic rings. The fourth-order valence-electron chi connectivity index (χ4n) is 2.97. The van der Waals surface area contributed by atoms with Crippen LogP contribution in [0.1, 0.15) is 17.5 Å². The van der Waals surface area contributed by atoms with Gasteiger partial charge in [0, 0.05) is 11.6 Å². The molecular weight excluding hydrogens is 444 g/mol. The van der Waals surface area contributed by atoms with E-state index >= 15 is 0 Å². The summed E-state index contributed by atoms with van der Waals surface area (Å²) in [4.78, 5) is 0. The molecule has 168 valence electrons. The third kappa shape index (κ3) is 4.61. The summed E-state index contributed by atoms with van der Waals surface area (Å²) < 4.78 is 116. The number of hydrogen-bond acceptors (Lipinski definition) is 1. The lowest BCUT2D eigenvalue weighted by Crippen LogP contribution is -2.24. The van der Waals surface area contributed by atoms with Crippen LogP contribution in [0.25, 0.3) is 11.1 Å². The van der Waals surface area contributed by atoms with E-state index in [0.29, 0.717) is 30.7 Å². The standard InChI is InChI=1S/C23H14F8O/c1-2-3-4-12-5-8-16(21(28)20(12)27)23(30,31)32-14-6-7-15(17(24)11-14)13-9-18(25)22(29)19(26)10-13/h2,5-11H,1,3-4H2. The van der Waals surface area contributed by atoms with E-state index in [0.717, 1.165) is 18.2 Å². The van der Waals surface area contributed by atoms with Crippen molar-refractivity contribution >= 4 is 0 Å². The Bertz CT molecular complexity index is 1150. The van der Waals surface area contributed by atoms with Gasteiger partial charge in [-0.05, 0) is 54.3 Å². The Morgan fingerprint density at radius 1 is 0.781 bits per heavy atom. The molecule has 0 saturated heterocycles. The van der Waals surface area contributed by atoms with Gasteiger partial charge in [0.25, 0.3) is 0 Å². The molecule has 9 heteroatoms. The van der Waals surface area contributed by atoms with Gasteiger partial charge in [0.1, 0.15) is 17.1 Å². The quantitative estimate of drug-likeness (QED) is 0.203. The maximum Gasteiger partial charge on any atom is 0.429 e. The van der Waals surface area contributed by atoms with E-state index in [2.05, 4.69) is 11.3 Å². The molecule has 0 bridgehead atoms. The maximum absolute atomic E-state index is 14.5. The van der Waals surface area contributed by atoms with Gasteiger partial charge in [-0.15, -0.1) is 6.58 Å². The highest BCUT2D eigenvalue weighted by Crippen LogP contribution is 2.36. The molecule has 3 rings (SSSR count). The number of halogens is 8. The summed E-state index contributed by atoms with van der Waals surface area (Å²) >= 11 is 0. The van der Waals surface area contributed by atoms with E-state index in [1.165, 1.54) is 6.08 Å². The molecule has 3 aromatic carbocycles. The lowest BCUT2D eigenvalue weighted by Gasteiger charge is -2.20. The highest BCUT2D eigenvalue weighted by molar-refractivity contribution is 5.65. The summed E-state index contributed by atoms with van der Waals surface area (Å²) in [6, 6.07) is 4.85. The molecule has 0 spiro atoms. The summed E-state index contributed by atoms with van der Waals surface area (Å²) in [6.45, 7) is 3.44. The summed E-state index contributed by atoms with van der Waals surface area (Å²) in [6.07, 6.45) is -2.56. The van der Waals surface area contributed by atoms with E-state index in [1.54, 1.807) is 0 Å². The van der Waals surface area contributed by atoms with Crippen LogP contribution in [0.15, 0.2) is 55.1 Å². The lowest BCUT2D eigenvalue weighted by atomic mass is 10.0. The van der Waals surface area contributed by atoms with Crippen LogP contribution in [0.4, 0.5) is 35.1 Å². The van der Waals surface area contributed by atoms with Gasteiger partial charge in [-0.1, -0.05) is 12.1 Å². The first kappa shape index (κ1) is 23.3. The van der Waals surface area contributed by atoms with Gasteiger partial charge >= 0.3 is 6.11 Å². The van der Waals surface area contributed by atoms with Crippen LogP contribution in [0.5, 0.6) is 5.75 Å². The highest BCUT2D eigenvalue weighted by Gasteiger charge is 2.39. The maximum atomic E-state index is 14.5. The second kappa shape index (κ2) is 9.02. The smallest absolute Gasteiger partial charge is 0.429 e. The highest BCUT2D eigenvalue weighted by atomic mass is 19.3. The minimum atomic E-state index is -4.37. The van der Waals surface area contributed by atoms with Gasteiger partial charge in [-0.3, -0.25) is 0 Å². The van der Waals surface area contributed by atoms with E-state index in [1.807, 2.05) is 0 Å². The molecule has 3 aromatic rings. The van der Waals surface area contributed by atoms with Crippen LogP contribution in [0, 0.1) is 34.9 Å². The van der Waals surface area contributed by atoms with Crippen LogP contribution in [0.3, 0.4) is 0 Å². The number of allylic oxidation sites excluding steroid dienone is 1. The first-order chi connectivity index (χ1) is 15.0. The topological polar surface area (TPSA) is 9.23 Å². The van der Waals surface area contributed by atoms with Crippen LogP contribution in [-0.4, -0.2) is 0 Å². The zero-order valence-corrected chi connectivity index (χ0v) is 16.2. The van der Waals surface area contributed by atoms with Crippen molar-refractivity contribution in [2.75, 3.05) is 0 Å². The van der Waals surface area contributed by atoms with Crippen molar-refractivity contribution < 1.29 is 39.9 Å². The van der Waals surface area contributed by atoms with Crippen LogP contribution in [-0.2, 0) is 12.5 Å². The van der Waals surface area contributed by atoms with Crippen molar-refractivity contribution in [1.82, 2.24) is 0 Å². The van der Waals surface area contributed by atoms with Crippen molar-refractivity contribution in [2.45, 2.75) is 19.0 Å². The van der Waals surface area contributed by atoms with E-state index < -0.39 is 57.9 Å². The number of rotatable bonds is 7. The van der Waals surface area contributed by atoms with Crippen LogP contribution < -0.4 is 4.74 Å². The summed E-state index contributed by atoms with van der Waals surface area (Å²) in [5.41, 5.74) is -2.34. The Labute approximate surface area is 177 Å². The number of alkyl halides is 2. The molecule has 0 radical (unpaired) electrons.